The van der Waals surface area contributed by atoms with E-state index < -0.39 is 5.60 Å². The van der Waals surface area contributed by atoms with Crippen molar-refractivity contribution >= 4 is 29.4 Å². The Morgan fingerprint density at radius 1 is 1.29 bits per heavy atom. The van der Waals surface area contributed by atoms with Gasteiger partial charge in [-0.05, 0) is 62.3 Å². The van der Waals surface area contributed by atoms with Gasteiger partial charge in [-0.25, -0.2) is 9.78 Å². The Balaban J connectivity index is 1.20. The smallest absolute Gasteiger partial charge is 0.410 e. The predicted octanol–water partition coefficient (Wildman–Crippen LogP) is 2.66. The normalized spacial score (nSPS) is 35.8. The third-order valence-corrected chi connectivity index (χ3v) is 7.71. The number of aliphatic hydroxyl groups is 1. The minimum absolute atomic E-state index is 0.0242. The minimum atomic E-state index is -0.532. The van der Waals surface area contributed by atoms with Gasteiger partial charge in [0.15, 0.2) is 0 Å². The van der Waals surface area contributed by atoms with E-state index in [1.807, 2.05) is 0 Å². The highest BCUT2D eigenvalue weighted by atomic mass is 35.5. The molecule has 5 aliphatic rings. The summed E-state index contributed by atoms with van der Waals surface area (Å²) in [5.74, 6) is 1.34. The Morgan fingerprint density at radius 3 is 2.71 bits per heavy atom. The maximum Gasteiger partial charge on any atom is 0.410 e. The van der Waals surface area contributed by atoms with Crippen LogP contribution in [0.3, 0.4) is 0 Å². The van der Waals surface area contributed by atoms with Crippen LogP contribution in [-0.4, -0.2) is 64.9 Å². The first-order valence-electron chi connectivity index (χ1n) is 11.2. The lowest BCUT2D eigenvalue weighted by molar-refractivity contribution is -0.177. The molecule has 31 heavy (non-hydrogen) atoms. The van der Waals surface area contributed by atoms with Gasteiger partial charge in [0.1, 0.15) is 11.9 Å². The van der Waals surface area contributed by atoms with Crippen molar-refractivity contribution in [2.75, 3.05) is 25.5 Å². The molecule has 168 valence electrons. The van der Waals surface area contributed by atoms with Gasteiger partial charge >= 0.3 is 6.09 Å². The Hall–Kier alpha value is -2.06. The summed E-state index contributed by atoms with van der Waals surface area (Å²) in [6.45, 7) is 1.08. The fourth-order valence-electron chi connectivity index (χ4n) is 6.42. The van der Waals surface area contributed by atoms with Crippen molar-refractivity contribution in [2.24, 2.45) is 17.8 Å². The first-order chi connectivity index (χ1) is 14.8. The standard InChI is InChI=1S/C22H29ClN4O4/c1-24-20(28)17-6-15(23)10-25-19(17)26-16-2-3-27(11-16)21(29)31-18-13-4-12-5-14(18)9-22(30,7-12)8-13/h6,10,12-14,16,18,30H,2-5,7-9,11H2,1H3,(H,24,28)(H,25,26)/t12?,13-,14?,16+,18?,22?/m0/s1. The number of nitrogens with zero attached hydrogens (tertiary/aromatic N) is 2. The molecule has 8 nitrogen and oxygen atoms in total. The van der Waals surface area contributed by atoms with E-state index >= 15 is 0 Å². The van der Waals surface area contributed by atoms with E-state index in [1.165, 1.54) is 6.20 Å². The fourth-order valence-corrected chi connectivity index (χ4v) is 6.58. The van der Waals surface area contributed by atoms with Crippen molar-refractivity contribution in [2.45, 2.75) is 56.3 Å². The number of pyridine rings is 1. The number of rotatable bonds is 4. The third kappa shape index (κ3) is 3.96. The van der Waals surface area contributed by atoms with E-state index in [4.69, 9.17) is 16.3 Å². The third-order valence-electron chi connectivity index (χ3n) is 7.50. The summed E-state index contributed by atoms with van der Waals surface area (Å²) in [6.07, 6.45) is 6.44. The van der Waals surface area contributed by atoms with Crippen LogP contribution < -0.4 is 10.6 Å². The number of ether oxygens (including phenoxy) is 1. The van der Waals surface area contributed by atoms with Crippen LogP contribution in [0.5, 0.6) is 0 Å². The number of amides is 2. The molecule has 0 radical (unpaired) electrons. The summed E-state index contributed by atoms with van der Waals surface area (Å²) < 4.78 is 6.00. The highest BCUT2D eigenvalue weighted by molar-refractivity contribution is 6.31. The molecule has 5 fully saturated rings. The van der Waals surface area contributed by atoms with Crippen LogP contribution in [0.2, 0.25) is 5.02 Å². The number of carbonyl (C=O) groups excluding carboxylic acids is 2. The molecule has 2 heterocycles. The van der Waals surface area contributed by atoms with E-state index in [0.29, 0.717) is 35.4 Å². The molecular formula is C22H29ClN4O4. The molecule has 1 saturated heterocycles. The predicted molar refractivity (Wildman–Crippen MR) is 115 cm³/mol. The lowest BCUT2D eigenvalue weighted by Crippen LogP contribution is -2.58. The highest BCUT2D eigenvalue weighted by Gasteiger charge is 2.56. The van der Waals surface area contributed by atoms with Gasteiger partial charge < -0.3 is 25.4 Å². The number of hydrogen-bond donors (Lipinski definition) is 3. The van der Waals surface area contributed by atoms with Gasteiger partial charge in [0.25, 0.3) is 5.91 Å². The maximum absolute atomic E-state index is 12.9. The molecule has 1 aromatic rings. The molecule has 3 N–H and O–H groups in total. The SMILES string of the molecule is CNC(=O)c1cc(Cl)cnc1N[C@@H]1CCN(C(=O)OC2C3CC4C[C@H]2CC(O)(C4)C3)C1. The topological polar surface area (TPSA) is 104 Å². The van der Waals surface area contributed by atoms with E-state index in [-0.39, 0.29) is 36.0 Å². The van der Waals surface area contributed by atoms with Crippen molar-refractivity contribution < 1.29 is 19.4 Å². The summed E-state index contributed by atoms with van der Waals surface area (Å²) in [5.41, 5.74) is -0.154. The van der Waals surface area contributed by atoms with Gasteiger partial charge in [0.05, 0.1) is 16.2 Å². The van der Waals surface area contributed by atoms with Crippen LogP contribution in [0.1, 0.15) is 48.9 Å². The zero-order valence-electron chi connectivity index (χ0n) is 17.6. The molecule has 0 spiro atoms. The second-order valence-corrected chi connectivity index (χ2v) is 10.2. The lowest BCUT2D eigenvalue weighted by Gasteiger charge is -2.57. The molecule has 4 bridgehead atoms. The van der Waals surface area contributed by atoms with Crippen molar-refractivity contribution in [1.82, 2.24) is 15.2 Å². The summed E-state index contributed by atoms with van der Waals surface area (Å²) in [5, 5.41) is 17.0. The van der Waals surface area contributed by atoms with E-state index in [1.54, 1.807) is 18.0 Å². The Labute approximate surface area is 186 Å². The molecule has 1 aliphatic heterocycles. The van der Waals surface area contributed by atoms with Crippen molar-refractivity contribution in [1.29, 1.82) is 0 Å². The van der Waals surface area contributed by atoms with Gasteiger partial charge in [-0.3, -0.25) is 4.79 Å². The van der Waals surface area contributed by atoms with Gasteiger partial charge in [-0.1, -0.05) is 11.6 Å². The number of hydrogen-bond acceptors (Lipinski definition) is 6. The average Bonchev–Trinajstić information content (AvgIpc) is 3.19. The number of nitrogens with one attached hydrogen (secondary N) is 2. The Kier molecular flexibility index (Phi) is 5.25. The Morgan fingerprint density at radius 2 is 2.03 bits per heavy atom. The van der Waals surface area contributed by atoms with Crippen LogP contribution in [-0.2, 0) is 4.74 Å². The number of anilines is 1. The van der Waals surface area contributed by atoms with E-state index in [9.17, 15) is 14.7 Å². The van der Waals surface area contributed by atoms with Crippen molar-refractivity contribution in [3.63, 3.8) is 0 Å². The van der Waals surface area contributed by atoms with Crippen LogP contribution in [0, 0.1) is 17.8 Å². The summed E-state index contributed by atoms with van der Waals surface area (Å²) in [4.78, 5) is 31.0. The molecule has 4 unspecified atom stereocenters. The zero-order chi connectivity index (χ0) is 21.8. The Bertz CT molecular complexity index is 880. The second-order valence-electron chi connectivity index (χ2n) is 9.75. The molecule has 6 rings (SSSR count). The van der Waals surface area contributed by atoms with E-state index in [0.717, 1.165) is 38.5 Å². The van der Waals surface area contributed by atoms with Gasteiger partial charge in [0, 0.05) is 32.4 Å². The number of halogens is 1. The summed E-state index contributed by atoms with van der Waals surface area (Å²) in [6, 6.07) is 1.56. The molecule has 2 amide bonds. The first-order valence-corrected chi connectivity index (χ1v) is 11.5. The largest absolute Gasteiger partial charge is 0.446 e. The molecule has 0 aromatic carbocycles. The maximum atomic E-state index is 12.9. The number of carbonyl (C=O) groups is 2. The fraction of sp³-hybridized carbons (Fsp3) is 0.682. The molecular weight excluding hydrogens is 420 g/mol. The van der Waals surface area contributed by atoms with Gasteiger partial charge in [0.2, 0.25) is 0 Å². The van der Waals surface area contributed by atoms with E-state index in [2.05, 4.69) is 15.6 Å². The minimum Gasteiger partial charge on any atom is -0.446 e. The first kappa shape index (κ1) is 20.8. The van der Waals surface area contributed by atoms with Gasteiger partial charge in [-0.2, -0.15) is 0 Å². The summed E-state index contributed by atoms with van der Waals surface area (Å²) >= 11 is 6.00. The van der Waals surface area contributed by atoms with Crippen molar-refractivity contribution in [3.05, 3.63) is 22.8 Å². The molecule has 4 saturated carbocycles. The van der Waals surface area contributed by atoms with Gasteiger partial charge in [-0.15, -0.1) is 0 Å². The van der Waals surface area contributed by atoms with Crippen LogP contribution in [0.25, 0.3) is 0 Å². The quantitative estimate of drug-likeness (QED) is 0.654. The lowest BCUT2D eigenvalue weighted by atomic mass is 9.53. The number of aromatic nitrogens is 1. The highest BCUT2D eigenvalue weighted by Crippen LogP contribution is 2.56. The van der Waals surface area contributed by atoms with Crippen LogP contribution >= 0.6 is 11.6 Å². The van der Waals surface area contributed by atoms with Crippen LogP contribution in [0.4, 0.5) is 10.6 Å². The molecule has 4 aliphatic carbocycles. The molecule has 6 atom stereocenters. The average molecular weight is 449 g/mol. The van der Waals surface area contributed by atoms with Crippen LogP contribution in [0.15, 0.2) is 12.3 Å². The summed E-state index contributed by atoms with van der Waals surface area (Å²) in [7, 11) is 1.56. The second kappa shape index (κ2) is 7.81. The zero-order valence-corrected chi connectivity index (χ0v) is 18.4. The monoisotopic (exact) mass is 448 g/mol. The van der Waals surface area contributed by atoms with Crippen molar-refractivity contribution in [3.8, 4) is 0 Å². The number of likely N-dealkylation sites (tertiary alicyclic amines) is 1. The molecule has 9 heteroatoms. The molecule has 1 aromatic heterocycles.